The number of methoxy groups -OCH3 is 1. The van der Waals surface area contributed by atoms with Crippen molar-refractivity contribution in [2.75, 3.05) is 19.4 Å². The predicted molar refractivity (Wildman–Crippen MR) is 123 cm³/mol. The molecule has 0 aliphatic rings. The number of rotatable bonds is 11. The van der Waals surface area contributed by atoms with Crippen LogP contribution in [0.5, 0.6) is 11.5 Å². The highest BCUT2D eigenvalue weighted by molar-refractivity contribution is 9.10. The van der Waals surface area contributed by atoms with Crippen LogP contribution >= 0.6 is 27.7 Å². The summed E-state index contributed by atoms with van der Waals surface area (Å²) in [4.78, 5) is 0. The number of nitrogens with one attached hydrogen (secondary N) is 1. The fraction of sp³-hybridized carbons (Fsp3) is 0.381. The molecule has 0 atom stereocenters. The molecule has 0 radical (unpaired) electrons. The van der Waals surface area contributed by atoms with Crippen molar-refractivity contribution >= 4 is 27.7 Å². The average molecular weight is 492 g/mol. The van der Waals surface area contributed by atoms with E-state index in [-0.39, 0.29) is 6.10 Å². The zero-order valence-electron chi connectivity index (χ0n) is 17.3. The number of para-hydroxylation sites is 1. The van der Waals surface area contributed by atoms with E-state index in [0.717, 1.165) is 57.6 Å². The van der Waals surface area contributed by atoms with Crippen molar-refractivity contribution in [2.45, 2.75) is 38.1 Å². The Kier molecular flexibility index (Phi) is 8.53. The molecule has 3 aromatic rings. The monoisotopic (exact) mass is 491 g/mol. The zero-order chi connectivity index (χ0) is 21.3. The van der Waals surface area contributed by atoms with E-state index in [1.54, 1.807) is 23.6 Å². The summed E-state index contributed by atoms with van der Waals surface area (Å²) in [6.45, 7) is 5.64. The van der Waals surface area contributed by atoms with E-state index in [2.05, 4.69) is 42.8 Å². The van der Waals surface area contributed by atoms with Gasteiger partial charge in [-0.1, -0.05) is 30.0 Å². The van der Waals surface area contributed by atoms with Crippen molar-refractivity contribution in [3.05, 3.63) is 52.5 Å². The minimum absolute atomic E-state index is 0.0829. The van der Waals surface area contributed by atoms with E-state index in [1.807, 2.05) is 50.2 Å². The van der Waals surface area contributed by atoms with Gasteiger partial charge in [0.1, 0.15) is 0 Å². The van der Waals surface area contributed by atoms with Crippen molar-refractivity contribution < 1.29 is 9.47 Å². The van der Waals surface area contributed by atoms with E-state index in [1.165, 1.54) is 0 Å². The Labute approximate surface area is 189 Å². The number of hydrogen-bond donors (Lipinski definition) is 1. The molecule has 2 aromatic carbocycles. The molecule has 7 nitrogen and oxygen atoms in total. The van der Waals surface area contributed by atoms with Crippen molar-refractivity contribution in [3.8, 4) is 17.2 Å². The highest BCUT2D eigenvalue weighted by Crippen LogP contribution is 2.37. The first-order valence-electron chi connectivity index (χ1n) is 9.79. The van der Waals surface area contributed by atoms with Gasteiger partial charge in [-0.3, -0.25) is 0 Å². The molecule has 0 bridgehead atoms. The van der Waals surface area contributed by atoms with Crippen LogP contribution in [0.2, 0.25) is 0 Å². The van der Waals surface area contributed by atoms with Crippen LogP contribution in [0.3, 0.4) is 0 Å². The van der Waals surface area contributed by atoms with E-state index in [9.17, 15) is 0 Å². The summed E-state index contributed by atoms with van der Waals surface area (Å²) in [5.41, 5.74) is 2.10. The molecule has 1 heterocycles. The number of hydrogen-bond acceptors (Lipinski definition) is 7. The Bertz CT molecular complexity index is 936. The third kappa shape index (κ3) is 6.20. The van der Waals surface area contributed by atoms with E-state index >= 15 is 0 Å². The van der Waals surface area contributed by atoms with Crippen LogP contribution in [-0.2, 0) is 6.54 Å². The quantitative estimate of drug-likeness (QED) is 0.312. The van der Waals surface area contributed by atoms with Gasteiger partial charge in [-0.05, 0) is 83.0 Å². The van der Waals surface area contributed by atoms with Crippen molar-refractivity contribution in [1.29, 1.82) is 0 Å². The van der Waals surface area contributed by atoms with Crippen LogP contribution in [0.1, 0.15) is 25.8 Å². The van der Waals surface area contributed by atoms with Gasteiger partial charge in [0.2, 0.25) is 5.16 Å². The summed E-state index contributed by atoms with van der Waals surface area (Å²) in [5.74, 6) is 2.40. The number of tetrazole rings is 1. The van der Waals surface area contributed by atoms with Crippen LogP contribution in [0.25, 0.3) is 5.69 Å². The molecular formula is C21H26BrN5O2S. The van der Waals surface area contributed by atoms with Gasteiger partial charge < -0.3 is 14.8 Å². The predicted octanol–water partition coefficient (Wildman–Crippen LogP) is 4.49. The molecule has 30 heavy (non-hydrogen) atoms. The fourth-order valence-electron chi connectivity index (χ4n) is 2.82. The van der Waals surface area contributed by atoms with Gasteiger partial charge in [-0.2, -0.15) is 4.68 Å². The average Bonchev–Trinajstić information content (AvgIpc) is 3.21. The van der Waals surface area contributed by atoms with Gasteiger partial charge in [0.15, 0.2) is 11.5 Å². The Morgan fingerprint density at radius 2 is 2.00 bits per heavy atom. The van der Waals surface area contributed by atoms with Crippen LogP contribution in [-0.4, -0.2) is 45.7 Å². The molecule has 0 spiro atoms. The van der Waals surface area contributed by atoms with Gasteiger partial charge in [0, 0.05) is 12.3 Å². The molecule has 9 heteroatoms. The normalized spacial score (nSPS) is 11.1. The van der Waals surface area contributed by atoms with Gasteiger partial charge in [0.05, 0.1) is 23.4 Å². The highest BCUT2D eigenvalue weighted by atomic mass is 79.9. The van der Waals surface area contributed by atoms with Gasteiger partial charge in [-0.15, -0.1) is 5.10 Å². The van der Waals surface area contributed by atoms with Gasteiger partial charge in [0.25, 0.3) is 0 Å². The third-order valence-corrected chi connectivity index (χ3v) is 5.74. The summed E-state index contributed by atoms with van der Waals surface area (Å²) < 4.78 is 14.0. The highest BCUT2D eigenvalue weighted by Gasteiger charge is 2.13. The molecule has 3 rings (SSSR count). The SMILES string of the molecule is COc1cc(CNCCCSc2nnnn2-c2ccccc2)cc(Br)c1OC(C)C. The Morgan fingerprint density at radius 3 is 2.73 bits per heavy atom. The second kappa shape index (κ2) is 11.3. The third-order valence-electron chi connectivity index (χ3n) is 4.14. The summed E-state index contributed by atoms with van der Waals surface area (Å²) in [6, 6.07) is 14.0. The minimum Gasteiger partial charge on any atom is -0.493 e. The lowest BCUT2D eigenvalue weighted by atomic mass is 10.2. The molecule has 0 saturated carbocycles. The maximum absolute atomic E-state index is 5.84. The van der Waals surface area contributed by atoms with Crippen molar-refractivity contribution in [3.63, 3.8) is 0 Å². The lowest BCUT2D eigenvalue weighted by molar-refractivity contribution is 0.228. The molecule has 0 unspecified atom stereocenters. The number of ether oxygens (including phenoxy) is 2. The molecule has 0 aliphatic carbocycles. The summed E-state index contributed by atoms with van der Waals surface area (Å²) >= 11 is 5.25. The Morgan fingerprint density at radius 1 is 1.20 bits per heavy atom. The molecule has 1 N–H and O–H groups in total. The first kappa shape index (κ1) is 22.6. The van der Waals surface area contributed by atoms with E-state index in [4.69, 9.17) is 9.47 Å². The van der Waals surface area contributed by atoms with E-state index in [0.29, 0.717) is 0 Å². The summed E-state index contributed by atoms with van der Waals surface area (Å²) in [5, 5.41) is 16.3. The standard InChI is InChI=1S/C21H26BrN5O2S/c1-15(2)29-20-18(22)12-16(13-19(20)28-3)14-23-10-7-11-30-21-24-25-26-27(21)17-8-5-4-6-9-17/h4-6,8-9,12-13,15,23H,7,10-11,14H2,1-3H3. The number of nitrogens with zero attached hydrogens (tertiary/aromatic N) is 4. The first-order chi connectivity index (χ1) is 14.6. The van der Waals surface area contributed by atoms with Crippen LogP contribution in [0.4, 0.5) is 0 Å². The van der Waals surface area contributed by atoms with Gasteiger partial charge >= 0.3 is 0 Å². The van der Waals surface area contributed by atoms with Crippen LogP contribution in [0, 0.1) is 0 Å². The summed E-state index contributed by atoms with van der Waals surface area (Å²) in [7, 11) is 1.66. The maximum atomic E-state index is 5.84. The van der Waals surface area contributed by atoms with Crippen LogP contribution in [0.15, 0.2) is 52.1 Å². The number of benzene rings is 2. The zero-order valence-corrected chi connectivity index (χ0v) is 19.7. The molecular weight excluding hydrogens is 466 g/mol. The largest absolute Gasteiger partial charge is 0.493 e. The van der Waals surface area contributed by atoms with Gasteiger partial charge in [-0.25, -0.2) is 0 Å². The number of aromatic nitrogens is 4. The second-order valence-corrected chi connectivity index (χ2v) is 8.78. The second-order valence-electron chi connectivity index (χ2n) is 6.86. The number of halogens is 1. The topological polar surface area (TPSA) is 74.1 Å². The first-order valence-corrected chi connectivity index (χ1v) is 11.6. The van der Waals surface area contributed by atoms with Crippen molar-refractivity contribution in [2.24, 2.45) is 0 Å². The summed E-state index contributed by atoms with van der Waals surface area (Å²) in [6.07, 6.45) is 1.08. The molecule has 1 aromatic heterocycles. The maximum Gasteiger partial charge on any atom is 0.214 e. The fourth-order valence-corrected chi connectivity index (χ4v) is 4.23. The lowest BCUT2D eigenvalue weighted by Crippen LogP contribution is -2.16. The number of thioether (sulfide) groups is 1. The Balaban J connectivity index is 1.45. The Hall–Kier alpha value is -2.10. The molecule has 0 aliphatic heterocycles. The minimum atomic E-state index is 0.0829. The molecule has 0 saturated heterocycles. The van der Waals surface area contributed by atoms with Crippen LogP contribution < -0.4 is 14.8 Å². The molecule has 160 valence electrons. The lowest BCUT2D eigenvalue weighted by Gasteiger charge is -2.16. The van der Waals surface area contributed by atoms with E-state index < -0.39 is 0 Å². The molecule has 0 amide bonds. The molecule has 0 fully saturated rings. The van der Waals surface area contributed by atoms with Crippen molar-refractivity contribution in [1.82, 2.24) is 25.5 Å². The smallest absolute Gasteiger partial charge is 0.214 e.